The molecule has 0 bridgehead atoms. The van der Waals surface area contributed by atoms with Crippen molar-refractivity contribution in [3.63, 3.8) is 0 Å². The van der Waals surface area contributed by atoms with E-state index < -0.39 is 0 Å². The third-order valence-electron chi connectivity index (χ3n) is 2.52. The molecular weight excluding hydrogens is 214 g/mol. The Bertz CT molecular complexity index is 552. The van der Waals surface area contributed by atoms with Crippen LogP contribution < -0.4 is 21.9 Å². The normalized spacial score (nSPS) is 10.2. The molecule has 0 aromatic heterocycles. The van der Waals surface area contributed by atoms with Crippen LogP contribution in [-0.2, 0) is 0 Å². The molecule has 17 heavy (non-hydrogen) atoms. The number of nitrogen functional groups attached to an aromatic ring is 3. The molecule has 0 saturated heterocycles. The van der Waals surface area contributed by atoms with Gasteiger partial charge in [0.25, 0.3) is 0 Å². The van der Waals surface area contributed by atoms with Crippen molar-refractivity contribution >= 4 is 17.1 Å². The highest BCUT2D eigenvalue weighted by atomic mass is 16.5. The van der Waals surface area contributed by atoms with Gasteiger partial charge >= 0.3 is 0 Å². The van der Waals surface area contributed by atoms with Gasteiger partial charge in [0.15, 0.2) is 5.75 Å². The zero-order valence-electron chi connectivity index (χ0n) is 9.60. The fourth-order valence-electron chi connectivity index (χ4n) is 1.45. The Morgan fingerprint density at radius 3 is 2.35 bits per heavy atom. The summed E-state index contributed by atoms with van der Waals surface area (Å²) < 4.78 is 5.64. The molecule has 0 saturated carbocycles. The van der Waals surface area contributed by atoms with Gasteiger partial charge in [0, 0.05) is 23.5 Å². The summed E-state index contributed by atoms with van der Waals surface area (Å²) in [6, 6.07) is 10.6. The van der Waals surface area contributed by atoms with Gasteiger partial charge in [-0.15, -0.1) is 0 Å². The Hall–Kier alpha value is -2.36. The van der Waals surface area contributed by atoms with Crippen LogP contribution in [0.1, 0.15) is 5.56 Å². The first-order valence-electron chi connectivity index (χ1n) is 5.25. The number of ether oxygens (including phenoxy) is 1. The number of aryl methyl sites for hydroxylation is 1. The minimum absolute atomic E-state index is 0.535. The fourth-order valence-corrected chi connectivity index (χ4v) is 1.45. The molecule has 0 aliphatic rings. The van der Waals surface area contributed by atoms with Crippen molar-refractivity contribution in [3.05, 3.63) is 42.0 Å². The van der Waals surface area contributed by atoms with Crippen molar-refractivity contribution in [1.82, 2.24) is 0 Å². The SMILES string of the molecule is Cc1ccc(Oc2cc(N)ccc2N)cc1N. The van der Waals surface area contributed by atoms with Crippen molar-refractivity contribution in [1.29, 1.82) is 0 Å². The maximum atomic E-state index is 5.81. The van der Waals surface area contributed by atoms with Crippen LogP contribution in [0.5, 0.6) is 11.5 Å². The third kappa shape index (κ3) is 2.42. The number of rotatable bonds is 2. The molecule has 0 unspecified atom stereocenters. The molecule has 88 valence electrons. The summed E-state index contributed by atoms with van der Waals surface area (Å²) >= 11 is 0. The van der Waals surface area contributed by atoms with Crippen molar-refractivity contribution in [2.24, 2.45) is 0 Å². The van der Waals surface area contributed by atoms with Crippen LogP contribution in [0.25, 0.3) is 0 Å². The average Bonchev–Trinajstić information content (AvgIpc) is 2.29. The largest absolute Gasteiger partial charge is 0.455 e. The highest BCUT2D eigenvalue weighted by Gasteiger charge is 2.04. The minimum atomic E-state index is 0.535. The zero-order valence-corrected chi connectivity index (χ0v) is 9.60. The van der Waals surface area contributed by atoms with Gasteiger partial charge in [-0.3, -0.25) is 0 Å². The van der Waals surface area contributed by atoms with Crippen LogP contribution in [0.15, 0.2) is 36.4 Å². The second-order valence-electron chi connectivity index (χ2n) is 3.92. The smallest absolute Gasteiger partial charge is 0.152 e. The lowest BCUT2D eigenvalue weighted by atomic mass is 10.2. The first kappa shape index (κ1) is 11.1. The second kappa shape index (κ2) is 4.25. The summed E-state index contributed by atoms with van der Waals surface area (Å²) in [6.45, 7) is 1.94. The molecule has 4 nitrogen and oxygen atoms in total. The molecule has 4 heteroatoms. The van der Waals surface area contributed by atoms with Gasteiger partial charge in [-0.1, -0.05) is 6.07 Å². The number of anilines is 3. The second-order valence-corrected chi connectivity index (χ2v) is 3.92. The summed E-state index contributed by atoms with van der Waals surface area (Å²) in [4.78, 5) is 0. The van der Waals surface area contributed by atoms with Crippen molar-refractivity contribution in [3.8, 4) is 11.5 Å². The van der Waals surface area contributed by atoms with Crippen molar-refractivity contribution in [2.75, 3.05) is 17.2 Å². The van der Waals surface area contributed by atoms with Gasteiger partial charge in [-0.05, 0) is 30.7 Å². The molecule has 2 aromatic carbocycles. The zero-order chi connectivity index (χ0) is 12.4. The van der Waals surface area contributed by atoms with E-state index in [1.807, 2.05) is 19.1 Å². The van der Waals surface area contributed by atoms with Crippen LogP contribution >= 0.6 is 0 Å². The molecular formula is C13H15N3O. The van der Waals surface area contributed by atoms with Crippen LogP contribution in [-0.4, -0.2) is 0 Å². The molecule has 0 heterocycles. The Morgan fingerprint density at radius 2 is 1.65 bits per heavy atom. The molecule has 2 rings (SSSR count). The summed E-state index contributed by atoms with van der Waals surface area (Å²) in [6.07, 6.45) is 0. The van der Waals surface area contributed by atoms with Crippen LogP contribution in [0.4, 0.5) is 17.1 Å². The van der Waals surface area contributed by atoms with Crippen LogP contribution in [0, 0.1) is 6.92 Å². The Kier molecular flexibility index (Phi) is 2.78. The van der Waals surface area contributed by atoms with Gasteiger partial charge in [0.1, 0.15) is 5.75 Å². The Labute approximate surface area is 100.0 Å². The van der Waals surface area contributed by atoms with Crippen LogP contribution in [0.3, 0.4) is 0 Å². The van der Waals surface area contributed by atoms with Gasteiger partial charge in [-0.25, -0.2) is 0 Å². The predicted molar refractivity (Wildman–Crippen MR) is 70.9 cm³/mol. The van der Waals surface area contributed by atoms with Crippen molar-refractivity contribution < 1.29 is 4.74 Å². The monoisotopic (exact) mass is 229 g/mol. The molecule has 0 aliphatic heterocycles. The van der Waals surface area contributed by atoms with E-state index in [2.05, 4.69) is 0 Å². The molecule has 6 N–H and O–H groups in total. The summed E-state index contributed by atoms with van der Waals surface area (Å²) in [5, 5.41) is 0. The van der Waals surface area contributed by atoms with E-state index in [9.17, 15) is 0 Å². The molecule has 0 atom stereocenters. The lowest BCUT2D eigenvalue weighted by molar-refractivity contribution is 0.485. The van der Waals surface area contributed by atoms with Crippen LogP contribution in [0.2, 0.25) is 0 Å². The Morgan fingerprint density at radius 1 is 0.882 bits per heavy atom. The van der Waals surface area contributed by atoms with Gasteiger partial charge in [0.05, 0.1) is 5.69 Å². The standard InChI is InChI=1S/C13H15N3O/c1-8-2-4-10(7-12(8)16)17-13-6-9(14)3-5-11(13)15/h2-7H,14-16H2,1H3. The average molecular weight is 229 g/mol. The number of benzene rings is 2. The number of hydrogen-bond donors (Lipinski definition) is 3. The molecule has 0 aliphatic carbocycles. The quantitative estimate of drug-likeness (QED) is 0.690. The first-order valence-corrected chi connectivity index (χ1v) is 5.25. The van der Waals surface area contributed by atoms with E-state index in [0.29, 0.717) is 28.6 Å². The van der Waals surface area contributed by atoms with E-state index in [-0.39, 0.29) is 0 Å². The summed E-state index contributed by atoms with van der Waals surface area (Å²) in [7, 11) is 0. The van der Waals surface area contributed by atoms with E-state index in [4.69, 9.17) is 21.9 Å². The van der Waals surface area contributed by atoms with Gasteiger partial charge in [0.2, 0.25) is 0 Å². The molecule has 2 aromatic rings. The molecule has 0 amide bonds. The summed E-state index contributed by atoms with van der Waals surface area (Å²) in [5.74, 6) is 1.18. The van der Waals surface area contributed by atoms with E-state index in [0.717, 1.165) is 5.56 Å². The highest BCUT2D eigenvalue weighted by molar-refractivity contribution is 5.61. The predicted octanol–water partition coefficient (Wildman–Crippen LogP) is 2.53. The fraction of sp³-hybridized carbons (Fsp3) is 0.0769. The lowest BCUT2D eigenvalue weighted by Crippen LogP contribution is -1.95. The third-order valence-corrected chi connectivity index (χ3v) is 2.52. The topological polar surface area (TPSA) is 87.3 Å². The number of hydrogen-bond acceptors (Lipinski definition) is 4. The van der Waals surface area contributed by atoms with Gasteiger partial charge < -0.3 is 21.9 Å². The molecule has 0 fully saturated rings. The molecule has 0 radical (unpaired) electrons. The molecule has 0 spiro atoms. The van der Waals surface area contributed by atoms with Crippen molar-refractivity contribution in [2.45, 2.75) is 6.92 Å². The van der Waals surface area contributed by atoms with E-state index in [1.54, 1.807) is 24.3 Å². The van der Waals surface area contributed by atoms with E-state index >= 15 is 0 Å². The van der Waals surface area contributed by atoms with E-state index in [1.165, 1.54) is 0 Å². The maximum absolute atomic E-state index is 5.81. The minimum Gasteiger partial charge on any atom is -0.455 e. The summed E-state index contributed by atoms with van der Waals surface area (Å²) in [5.41, 5.74) is 20.1. The number of nitrogens with two attached hydrogens (primary N) is 3. The first-order chi connectivity index (χ1) is 8.06. The van der Waals surface area contributed by atoms with Gasteiger partial charge in [-0.2, -0.15) is 0 Å². The lowest BCUT2D eigenvalue weighted by Gasteiger charge is -2.10. The highest BCUT2D eigenvalue weighted by Crippen LogP contribution is 2.30. The maximum Gasteiger partial charge on any atom is 0.152 e. The Balaban J connectivity index is 2.31.